The van der Waals surface area contributed by atoms with E-state index in [9.17, 15) is 14.9 Å². The molecule has 2 aromatic carbocycles. The minimum atomic E-state index is -0.378. The van der Waals surface area contributed by atoms with Gasteiger partial charge in [-0.3, -0.25) is 14.9 Å². The van der Waals surface area contributed by atoms with Crippen molar-refractivity contribution >= 4 is 28.9 Å². The van der Waals surface area contributed by atoms with Crippen LogP contribution < -0.4 is 4.90 Å². The Kier molecular flexibility index (Phi) is 5.90. The van der Waals surface area contributed by atoms with Crippen LogP contribution in [-0.2, 0) is 6.54 Å². The fraction of sp³-hybridized carbons (Fsp3) is 0.273. The molecule has 1 aromatic heterocycles. The molecular formula is C22H22ClN5O3. The molecule has 31 heavy (non-hydrogen) atoms. The molecule has 0 unspecified atom stereocenters. The number of carbonyl (C=O) groups excluding carboxylic acids is 1. The quantitative estimate of drug-likeness (QED) is 0.446. The number of hydrogen-bond donors (Lipinski definition) is 0. The van der Waals surface area contributed by atoms with E-state index in [2.05, 4.69) is 5.10 Å². The van der Waals surface area contributed by atoms with Gasteiger partial charge in [0.15, 0.2) is 0 Å². The lowest BCUT2D eigenvalue weighted by atomic mass is 10.2. The Morgan fingerprint density at radius 3 is 2.39 bits per heavy atom. The van der Waals surface area contributed by atoms with Gasteiger partial charge in [-0.25, -0.2) is 4.68 Å². The first-order chi connectivity index (χ1) is 15.0. The molecule has 0 aliphatic carbocycles. The van der Waals surface area contributed by atoms with Gasteiger partial charge in [-0.05, 0) is 18.6 Å². The monoisotopic (exact) mass is 439 g/mol. The van der Waals surface area contributed by atoms with Crippen LogP contribution in [0.5, 0.6) is 0 Å². The molecule has 1 saturated heterocycles. The number of hydrogen-bond acceptors (Lipinski definition) is 5. The first-order valence-corrected chi connectivity index (χ1v) is 10.4. The number of carbonyl (C=O) groups is 1. The van der Waals surface area contributed by atoms with Crippen molar-refractivity contribution in [2.45, 2.75) is 13.5 Å². The number of nitrogens with zero attached hydrogens (tertiary/aromatic N) is 5. The SMILES string of the molecule is Cc1nn(Cc2ccccc2)c(Cl)c1C(=O)N1CCN(c2ccccc2[N+](=O)[O-])CC1. The normalized spacial score (nSPS) is 14.0. The first kappa shape index (κ1) is 20.9. The number of piperazine rings is 1. The highest BCUT2D eigenvalue weighted by Gasteiger charge is 2.29. The van der Waals surface area contributed by atoms with Gasteiger partial charge in [-0.2, -0.15) is 5.10 Å². The molecule has 0 spiro atoms. The summed E-state index contributed by atoms with van der Waals surface area (Å²) in [4.78, 5) is 27.8. The largest absolute Gasteiger partial charge is 0.362 e. The van der Waals surface area contributed by atoms with Crippen LogP contribution in [0.25, 0.3) is 0 Å². The molecule has 160 valence electrons. The number of anilines is 1. The Labute approximate surface area is 184 Å². The Balaban J connectivity index is 1.48. The Hall–Kier alpha value is -3.39. The lowest BCUT2D eigenvalue weighted by Crippen LogP contribution is -2.49. The molecule has 0 atom stereocenters. The van der Waals surface area contributed by atoms with Gasteiger partial charge in [0.1, 0.15) is 10.8 Å². The van der Waals surface area contributed by atoms with E-state index in [0.29, 0.717) is 54.8 Å². The summed E-state index contributed by atoms with van der Waals surface area (Å²) in [6.07, 6.45) is 0. The number of aromatic nitrogens is 2. The third-order valence-electron chi connectivity index (χ3n) is 5.44. The molecule has 1 amide bonds. The molecular weight excluding hydrogens is 418 g/mol. The number of aryl methyl sites for hydroxylation is 1. The second-order valence-electron chi connectivity index (χ2n) is 7.42. The Morgan fingerprint density at radius 1 is 1.06 bits per heavy atom. The smallest absolute Gasteiger partial charge is 0.292 e. The van der Waals surface area contributed by atoms with Crippen molar-refractivity contribution in [3.63, 3.8) is 0 Å². The average Bonchev–Trinajstić information content (AvgIpc) is 3.06. The van der Waals surface area contributed by atoms with Crippen molar-refractivity contribution in [2.24, 2.45) is 0 Å². The highest BCUT2D eigenvalue weighted by atomic mass is 35.5. The molecule has 9 heteroatoms. The summed E-state index contributed by atoms with van der Waals surface area (Å²) in [6.45, 7) is 4.18. The van der Waals surface area contributed by atoms with Crippen molar-refractivity contribution < 1.29 is 9.72 Å². The van der Waals surface area contributed by atoms with Gasteiger partial charge in [-0.15, -0.1) is 0 Å². The number of nitro groups is 1. The molecule has 4 rings (SSSR count). The van der Waals surface area contributed by atoms with Crippen molar-refractivity contribution in [2.75, 3.05) is 31.1 Å². The number of halogens is 1. The number of para-hydroxylation sites is 2. The van der Waals surface area contributed by atoms with Crippen LogP contribution in [-0.4, -0.2) is 51.7 Å². The minimum Gasteiger partial charge on any atom is -0.362 e. The van der Waals surface area contributed by atoms with Crippen LogP contribution >= 0.6 is 11.6 Å². The van der Waals surface area contributed by atoms with Crippen molar-refractivity contribution in [1.82, 2.24) is 14.7 Å². The summed E-state index contributed by atoms with van der Waals surface area (Å²) in [7, 11) is 0. The molecule has 1 aliphatic rings. The second kappa shape index (κ2) is 8.77. The summed E-state index contributed by atoms with van der Waals surface area (Å²) < 4.78 is 1.64. The van der Waals surface area contributed by atoms with Crippen molar-refractivity contribution in [3.05, 3.63) is 86.7 Å². The third-order valence-corrected chi connectivity index (χ3v) is 5.82. The van der Waals surface area contributed by atoms with E-state index in [0.717, 1.165) is 5.56 Å². The van der Waals surface area contributed by atoms with Crippen LogP contribution in [0.1, 0.15) is 21.6 Å². The van der Waals surface area contributed by atoms with E-state index in [4.69, 9.17) is 11.6 Å². The summed E-state index contributed by atoms with van der Waals surface area (Å²) in [5.74, 6) is -0.163. The van der Waals surface area contributed by atoms with Crippen LogP contribution in [0.3, 0.4) is 0 Å². The van der Waals surface area contributed by atoms with E-state index < -0.39 is 0 Å². The lowest BCUT2D eigenvalue weighted by molar-refractivity contribution is -0.384. The second-order valence-corrected chi connectivity index (χ2v) is 7.78. The summed E-state index contributed by atoms with van der Waals surface area (Å²) >= 11 is 6.54. The van der Waals surface area contributed by atoms with Gasteiger partial charge in [-0.1, -0.05) is 54.1 Å². The fourth-order valence-corrected chi connectivity index (χ4v) is 4.17. The zero-order valence-corrected chi connectivity index (χ0v) is 17.8. The number of rotatable bonds is 5. The maximum Gasteiger partial charge on any atom is 0.292 e. The van der Waals surface area contributed by atoms with E-state index in [1.165, 1.54) is 6.07 Å². The van der Waals surface area contributed by atoms with Crippen LogP contribution in [0.15, 0.2) is 54.6 Å². The van der Waals surface area contributed by atoms with Gasteiger partial charge >= 0.3 is 0 Å². The molecule has 0 N–H and O–H groups in total. The predicted octanol–water partition coefficient (Wildman–Crippen LogP) is 3.76. The van der Waals surface area contributed by atoms with Crippen LogP contribution in [0.2, 0.25) is 5.15 Å². The summed E-state index contributed by atoms with van der Waals surface area (Å²) in [5.41, 5.74) is 2.70. The van der Waals surface area contributed by atoms with Gasteiger partial charge in [0.05, 0.1) is 22.7 Å². The molecule has 2 heterocycles. The molecule has 0 bridgehead atoms. The number of benzene rings is 2. The highest BCUT2D eigenvalue weighted by molar-refractivity contribution is 6.33. The van der Waals surface area contributed by atoms with Crippen LogP contribution in [0.4, 0.5) is 11.4 Å². The lowest BCUT2D eigenvalue weighted by Gasteiger charge is -2.35. The Morgan fingerprint density at radius 2 is 1.71 bits per heavy atom. The zero-order valence-electron chi connectivity index (χ0n) is 17.1. The fourth-order valence-electron chi connectivity index (χ4n) is 3.85. The maximum absolute atomic E-state index is 13.2. The van der Waals surface area contributed by atoms with Crippen molar-refractivity contribution in [3.8, 4) is 0 Å². The molecule has 3 aromatic rings. The van der Waals surface area contributed by atoms with E-state index in [1.54, 1.807) is 34.7 Å². The molecule has 1 aliphatic heterocycles. The average molecular weight is 440 g/mol. The number of amides is 1. The summed E-state index contributed by atoms with van der Waals surface area (Å²) in [5, 5.41) is 16.1. The van der Waals surface area contributed by atoms with Crippen molar-refractivity contribution in [1.29, 1.82) is 0 Å². The molecule has 8 nitrogen and oxygen atoms in total. The van der Waals surface area contributed by atoms with Gasteiger partial charge in [0, 0.05) is 32.2 Å². The van der Waals surface area contributed by atoms with Crippen LogP contribution in [0, 0.1) is 17.0 Å². The standard InChI is InChI=1S/C22H22ClN5O3/c1-16-20(21(23)27(24-16)15-17-7-3-2-4-8-17)22(29)26-13-11-25(12-14-26)18-9-5-6-10-19(18)28(30)31/h2-10H,11-15H2,1H3. The minimum absolute atomic E-state index is 0.0725. The van der Waals surface area contributed by atoms with E-state index >= 15 is 0 Å². The van der Waals surface area contributed by atoms with Gasteiger partial charge in [0.25, 0.3) is 11.6 Å². The topological polar surface area (TPSA) is 84.5 Å². The van der Waals surface area contributed by atoms with Gasteiger partial charge < -0.3 is 9.80 Å². The summed E-state index contributed by atoms with van der Waals surface area (Å²) in [6, 6.07) is 16.5. The third kappa shape index (κ3) is 4.25. The first-order valence-electron chi connectivity index (χ1n) is 10.00. The number of nitro benzene ring substituents is 1. The predicted molar refractivity (Wildman–Crippen MR) is 119 cm³/mol. The molecule has 0 radical (unpaired) electrons. The Bertz CT molecular complexity index is 1110. The highest BCUT2D eigenvalue weighted by Crippen LogP contribution is 2.29. The van der Waals surface area contributed by atoms with E-state index in [-0.39, 0.29) is 16.5 Å². The van der Waals surface area contributed by atoms with Gasteiger partial charge in [0.2, 0.25) is 0 Å². The maximum atomic E-state index is 13.2. The molecule has 0 saturated carbocycles. The van der Waals surface area contributed by atoms with E-state index in [1.807, 2.05) is 35.2 Å². The zero-order chi connectivity index (χ0) is 22.0. The molecule has 1 fully saturated rings.